The van der Waals surface area contributed by atoms with Gasteiger partial charge in [0.15, 0.2) is 0 Å². The zero-order valence-electron chi connectivity index (χ0n) is 19.0. The number of hydrogen-bond acceptors (Lipinski definition) is 5. The lowest BCUT2D eigenvalue weighted by Gasteiger charge is -2.25. The summed E-state index contributed by atoms with van der Waals surface area (Å²) in [4.78, 5) is 29.4. The minimum atomic E-state index is -0.0834. The van der Waals surface area contributed by atoms with Gasteiger partial charge < -0.3 is 14.2 Å². The monoisotopic (exact) mass is 475 g/mol. The van der Waals surface area contributed by atoms with Crippen LogP contribution in [-0.4, -0.2) is 44.0 Å². The molecule has 7 nitrogen and oxygen atoms in total. The highest BCUT2D eigenvalue weighted by Gasteiger charge is 2.32. The number of para-hydroxylation sites is 2. The maximum atomic E-state index is 13.5. The van der Waals surface area contributed by atoms with E-state index in [4.69, 9.17) is 21.3 Å². The molecule has 34 heavy (non-hydrogen) atoms. The van der Waals surface area contributed by atoms with Crippen LogP contribution in [0.1, 0.15) is 41.7 Å². The first-order chi connectivity index (χ1) is 16.6. The van der Waals surface area contributed by atoms with Gasteiger partial charge in [-0.05, 0) is 42.7 Å². The molecule has 1 aliphatic heterocycles. The van der Waals surface area contributed by atoms with Crippen molar-refractivity contribution in [2.75, 3.05) is 13.7 Å². The highest BCUT2D eigenvalue weighted by molar-refractivity contribution is 6.30. The van der Waals surface area contributed by atoms with Crippen LogP contribution >= 0.6 is 11.6 Å². The predicted molar refractivity (Wildman–Crippen MR) is 130 cm³/mol. The molecule has 8 heteroatoms. The third kappa shape index (κ3) is 4.67. The number of rotatable bonds is 7. The SMILES string of the molecule is COCc1nc2ccccc2n1CC(=O)N1CCC[C@@H]1c1cncc(Cc2cccc(Cl)c2)n1. The van der Waals surface area contributed by atoms with Gasteiger partial charge in [0, 0.05) is 31.3 Å². The van der Waals surface area contributed by atoms with Gasteiger partial charge in [-0.3, -0.25) is 14.8 Å². The second kappa shape index (κ2) is 9.91. The summed E-state index contributed by atoms with van der Waals surface area (Å²) in [5, 5.41) is 0.703. The van der Waals surface area contributed by atoms with E-state index in [9.17, 15) is 4.79 Å². The molecule has 1 atom stereocenters. The lowest BCUT2D eigenvalue weighted by molar-refractivity contribution is -0.132. The van der Waals surface area contributed by atoms with Crippen LogP contribution in [0.25, 0.3) is 11.0 Å². The number of amides is 1. The summed E-state index contributed by atoms with van der Waals surface area (Å²) in [5.74, 6) is 0.793. The molecule has 3 heterocycles. The number of benzene rings is 2. The van der Waals surface area contributed by atoms with Crippen molar-refractivity contribution in [3.05, 3.63) is 88.7 Å². The average Bonchev–Trinajstić information content (AvgIpc) is 3.45. The van der Waals surface area contributed by atoms with Gasteiger partial charge in [0.25, 0.3) is 0 Å². The Hall–Kier alpha value is -3.29. The lowest BCUT2D eigenvalue weighted by Crippen LogP contribution is -2.34. The molecule has 0 saturated carbocycles. The maximum Gasteiger partial charge on any atom is 0.243 e. The van der Waals surface area contributed by atoms with Crippen LogP contribution in [0.4, 0.5) is 0 Å². The van der Waals surface area contributed by atoms with Crippen LogP contribution in [0.15, 0.2) is 60.9 Å². The van der Waals surface area contributed by atoms with Gasteiger partial charge in [-0.15, -0.1) is 0 Å². The summed E-state index contributed by atoms with van der Waals surface area (Å²) in [7, 11) is 1.64. The fraction of sp³-hybridized carbons (Fsp3) is 0.308. The smallest absolute Gasteiger partial charge is 0.243 e. The molecule has 0 aliphatic carbocycles. The number of imidazole rings is 1. The highest BCUT2D eigenvalue weighted by Crippen LogP contribution is 2.31. The van der Waals surface area contributed by atoms with Gasteiger partial charge >= 0.3 is 0 Å². The van der Waals surface area contributed by atoms with Gasteiger partial charge in [0.1, 0.15) is 19.0 Å². The molecule has 1 saturated heterocycles. The van der Waals surface area contributed by atoms with Gasteiger partial charge in [0.05, 0.1) is 34.7 Å². The topological polar surface area (TPSA) is 73.1 Å². The first-order valence-electron chi connectivity index (χ1n) is 11.4. The third-order valence-corrected chi connectivity index (χ3v) is 6.43. The molecule has 174 valence electrons. The minimum Gasteiger partial charge on any atom is -0.377 e. The zero-order chi connectivity index (χ0) is 23.5. The quantitative estimate of drug-likeness (QED) is 0.391. The van der Waals surface area contributed by atoms with Crippen molar-refractivity contribution in [1.82, 2.24) is 24.4 Å². The van der Waals surface area contributed by atoms with E-state index in [1.54, 1.807) is 19.5 Å². The summed E-state index contributed by atoms with van der Waals surface area (Å²) in [6, 6.07) is 15.5. The Kier molecular flexibility index (Phi) is 6.56. The van der Waals surface area contributed by atoms with E-state index < -0.39 is 0 Å². The van der Waals surface area contributed by atoms with Crippen molar-refractivity contribution >= 4 is 28.5 Å². The second-order valence-corrected chi connectivity index (χ2v) is 8.96. The number of carbonyl (C=O) groups is 1. The third-order valence-electron chi connectivity index (χ3n) is 6.19. The Morgan fingerprint density at radius 3 is 2.88 bits per heavy atom. The van der Waals surface area contributed by atoms with Crippen molar-refractivity contribution in [3.8, 4) is 0 Å². The largest absolute Gasteiger partial charge is 0.377 e. The van der Waals surface area contributed by atoms with E-state index in [-0.39, 0.29) is 18.5 Å². The molecule has 2 aromatic heterocycles. The number of aromatic nitrogens is 4. The first kappa shape index (κ1) is 22.5. The average molecular weight is 476 g/mol. The van der Waals surface area contributed by atoms with Crippen molar-refractivity contribution in [2.45, 2.75) is 38.5 Å². The van der Waals surface area contributed by atoms with E-state index >= 15 is 0 Å². The number of nitrogens with zero attached hydrogens (tertiary/aromatic N) is 5. The van der Waals surface area contributed by atoms with Crippen molar-refractivity contribution in [1.29, 1.82) is 0 Å². The Labute approximate surface area is 203 Å². The van der Waals surface area contributed by atoms with Crippen LogP contribution in [0.5, 0.6) is 0 Å². The number of halogens is 1. The molecule has 5 rings (SSSR count). The summed E-state index contributed by atoms with van der Waals surface area (Å²) in [6.45, 7) is 1.27. The van der Waals surface area contributed by atoms with E-state index in [1.165, 1.54) is 0 Å². The Morgan fingerprint density at radius 2 is 2.03 bits per heavy atom. The van der Waals surface area contributed by atoms with Gasteiger partial charge in [-0.25, -0.2) is 4.98 Å². The van der Waals surface area contributed by atoms with Crippen LogP contribution in [0, 0.1) is 0 Å². The maximum absolute atomic E-state index is 13.5. The van der Waals surface area contributed by atoms with Crippen LogP contribution in [-0.2, 0) is 29.1 Å². The molecule has 0 unspecified atom stereocenters. The lowest BCUT2D eigenvalue weighted by atomic mass is 10.1. The number of hydrogen-bond donors (Lipinski definition) is 0. The van der Waals surface area contributed by atoms with E-state index in [0.29, 0.717) is 24.6 Å². The van der Waals surface area contributed by atoms with Crippen molar-refractivity contribution in [2.24, 2.45) is 0 Å². The number of methoxy groups -OCH3 is 1. The molecule has 1 aliphatic rings. The van der Waals surface area contributed by atoms with E-state index in [2.05, 4.69) is 9.97 Å². The zero-order valence-corrected chi connectivity index (χ0v) is 19.8. The summed E-state index contributed by atoms with van der Waals surface area (Å²) in [5.41, 5.74) is 4.57. The normalized spacial score (nSPS) is 15.8. The molecule has 2 aromatic carbocycles. The molecule has 1 fully saturated rings. The molecule has 0 spiro atoms. The Balaban J connectivity index is 1.37. The number of ether oxygens (including phenoxy) is 1. The Bertz CT molecular complexity index is 1320. The fourth-order valence-electron chi connectivity index (χ4n) is 4.66. The van der Waals surface area contributed by atoms with Gasteiger partial charge in [-0.1, -0.05) is 35.9 Å². The predicted octanol–water partition coefficient (Wildman–Crippen LogP) is 4.58. The Morgan fingerprint density at radius 1 is 1.15 bits per heavy atom. The van der Waals surface area contributed by atoms with Crippen molar-refractivity contribution < 1.29 is 9.53 Å². The summed E-state index contributed by atoms with van der Waals surface area (Å²) >= 11 is 6.13. The van der Waals surface area contributed by atoms with Gasteiger partial charge in [0.2, 0.25) is 5.91 Å². The van der Waals surface area contributed by atoms with Crippen LogP contribution in [0.2, 0.25) is 5.02 Å². The number of likely N-dealkylation sites (tertiary alicyclic amines) is 1. The molecule has 0 N–H and O–H groups in total. The summed E-state index contributed by atoms with van der Waals surface area (Å²) < 4.78 is 7.29. The van der Waals surface area contributed by atoms with Crippen LogP contribution in [0.3, 0.4) is 0 Å². The van der Waals surface area contributed by atoms with Gasteiger partial charge in [-0.2, -0.15) is 0 Å². The summed E-state index contributed by atoms with van der Waals surface area (Å²) in [6.07, 6.45) is 6.01. The number of carbonyl (C=O) groups excluding carboxylic acids is 1. The number of fused-ring (bicyclic) bond motifs is 1. The fourth-order valence-corrected chi connectivity index (χ4v) is 4.88. The van der Waals surface area contributed by atoms with Crippen LogP contribution < -0.4 is 0 Å². The van der Waals surface area contributed by atoms with E-state index in [1.807, 2.05) is 58.0 Å². The molecular formula is C26H26ClN5O2. The van der Waals surface area contributed by atoms with E-state index in [0.717, 1.165) is 46.7 Å². The van der Waals surface area contributed by atoms with Crippen molar-refractivity contribution in [3.63, 3.8) is 0 Å². The molecule has 4 aromatic rings. The first-order valence-corrected chi connectivity index (χ1v) is 11.8. The molecule has 1 amide bonds. The molecular weight excluding hydrogens is 450 g/mol. The highest BCUT2D eigenvalue weighted by atomic mass is 35.5. The molecule has 0 bridgehead atoms. The second-order valence-electron chi connectivity index (χ2n) is 8.52. The standard InChI is InChI=1S/C26H26ClN5O2/c1-34-17-25-30-21-8-2-3-9-23(21)32(25)16-26(33)31-11-5-10-24(31)22-15-28-14-20(29-22)13-18-6-4-7-19(27)12-18/h2-4,6-9,12,14-15,24H,5,10-11,13,16-17H2,1H3/t24-/m1/s1. The molecule has 0 radical (unpaired) electrons. The minimum absolute atomic E-state index is 0.0463.